The van der Waals surface area contributed by atoms with Gasteiger partial charge in [-0.3, -0.25) is 9.67 Å². The first-order valence-electron chi connectivity index (χ1n) is 8.92. The number of likely N-dealkylation sites (tertiary alicyclic amines) is 1. The molecule has 1 saturated heterocycles. The van der Waals surface area contributed by atoms with Crippen LogP contribution in [0.25, 0.3) is 6.08 Å². The summed E-state index contributed by atoms with van der Waals surface area (Å²) in [6, 6.07) is 10.6. The first-order valence-corrected chi connectivity index (χ1v) is 8.92. The highest BCUT2D eigenvalue weighted by Gasteiger charge is 2.17. The van der Waals surface area contributed by atoms with Gasteiger partial charge < -0.3 is 10.2 Å². The first kappa shape index (κ1) is 20.5. The van der Waals surface area contributed by atoms with Gasteiger partial charge in [-0.05, 0) is 30.4 Å². The average molecular weight is 465 g/mol. The number of aryl methyl sites for hydroxylation is 1. The van der Waals surface area contributed by atoms with Gasteiger partial charge in [-0.15, -0.1) is 24.0 Å². The number of aromatic nitrogens is 2. The summed E-state index contributed by atoms with van der Waals surface area (Å²) in [5.41, 5.74) is 4.07. The molecule has 2 aromatic rings. The second kappa shape index (κ2) is 10.4. The highest BCUT2D eigenvalue weighted by Crippen LogP contribution is 2.19. The molecule has 0 saturated carbocycles. The molecule has 1 aliphatic rings. The van der Waals surface area contributed by atoms with Gasteiger partial charge in [0.1, 0.15) is 0 Å². The molecule has 1 fully saturated rings. The van der Waals surface area contributed by atoms with E-state index >= 15 is 0 Å². The van der Waals surface area contributed by atoms with E-state index in [1.807, 2.05) is 25.0 Å². The molecule has 0 bridgehead atoms. The van der Waals surface area contributed by atoms with Crippen molar-refractivity contribution in [3.05, 3.63) is 59.4 Å². The van der Waals surface area contributed by atoms with E-state index < -0.39 is 0 Å². The quantitative estimate of drug-likeness (QED) is 0.428. The van der Waals surface area contributed by atoms with E-state index in [2.05, 4.69) is 62.9 Å². The number of nitrogens with one attached hydrogen (secondary N) is 1. The Labute approximate surface area is 173 Å². The van der Waals surface area contributed by atoms with Crippen LogP contribution in [0.15, 0.2) is 53.3 Å². The number of nitrogens with zero attached hydrogens (tertiary/aromatic N) is 4. The smallest absolute Gasteiger partial charge is 0.193 e. The Bertz CT molecular complexity index is 726. The number of hydrogen-bond acceptors (Lipinski definition) is 2. The van der Waals surface area contributed by atoms with Crippen LogP contribution in [0.2, 0.25) is 0 Å². The van der Waals surface area contributed by atoms with Gasteiger partial charge in [-0.25, -0.2) is 0 Å². The molecule has 140 valence electrons. The van der Waals surface area contributed by atoms with Crippen LogP contribution in [0.1, 0.15) is 24.0 Å². The van der Waals surface area contributed by atoms with Gasteiger partial charge in [0.2, 0.25) is 0 Å². The van der Waals surface area contributed by atoms with Crippen LogP contribution in [0.5, 0.6) is 0 Å². The number of halogens is 1. The normalized spacial score (nSPS) is 14.8. The maximum atomic E-state index is 4.45. The van der Waals surface area contributed by atoms with E-state index in [0.717, 1.165) is 44.9 Å². The second-order valence-electron chi connectivity index (χ2n) is 6.45. The largest absolute Gasteiger partial charge is 0.356 e. The van der Waals surface area contributed by atoms with Crippen molar-refractivity contribution >= 4 is 36.0 Å². The maximum absolute atomic E-state index is 4.45. The van der Waals surface area contributed by atoms with Gasteiger partial charge in [0.05, 0.1) is 6.20 Å². The minimum absolute atomic E-state index is 0. The molecule has 0 radical (unpaired) electrons. The Kier molecular flexibility index (Phi) is 8.15. The molecule has 0 unspecified atom stereocenters. The number of rotatable bonds is 4. The van der Waals surface area contributed by atoms with Gasteiger partial charge in [0.25, 0.3) is 0 Å². The third-order valence-electron chi connectivity index (χ3n) is 4.54. The Morgan fingerprint density at radius 2 is 1.96 bits per heavy atom. The monoisotopic (exact) mass is 465 g/mol. The summed E-state index contributed by atoms with van der Waals surface area (Å²) in [5.74, 6) is 1.00. The molecule has 0 atom stereocenters. The lowest BCUT2D eigenvalue weighted by molar-refractivity contribution is 0.376. The zero-order valence-corrected chi connectivity index (χ0v) is 17.9. The Balaban J connectivity index is 0.00000243. The van der Waals surface area contributed by atoms with Crippen LogP contribution >= 0.6 is 24.0 Å². The molecule has 26 heavy (non-hydrogen) atoms. The van der Waals surface area contributed by atoms with Gasteiger partial charge >= 0.3 is 0 Å². The molecule has 1 N–H and O–H groups in total. The van der Waals surface area contributed by atoms with Crippen LogP contribution in [-0.2, 0) is 13.5 Å². The molecular formula is C20H28IN5. The summed E-state index contributed by atoms with van der Waals surface area (Å²) in [7, 11) is 3.81. The predicted molar refractivity (Wildman–Crippen MR) is 119 cm³/mol. The van der Waals surface area contributed by atoms with Crippen LogP contribution in [0.3, 0.4) is 0 Å². The fourth-order valence-electron chi connectivity index (χ4n) is 3.19. The zero-order chi connectivity index (χ0) is 17.5. The van der Waals surface area contributed by atoms with Crippen LogP contribution in [0, 0.1) is 0 Å². The van der Waals surface area contributed by atoms with Gasteiger partial charge in [-0.1, -0.05) is 42.0 Å². The topological polar surface area (TPSA) is 45.5 Å². The SMILES string of the molecule is CN=C(NCCc1cnn(C)c1)N1CCC(=Cc2ccccc2)CC1.I. The van der Waals surface area contributed by atoms with E-state index in [1.54, 1.807) is 0 Å². The molecule has 1 aromatic carbocycles. The summed E-state index contributed by atoms with van der Waals surface area (Å²) in [5, 5.41) is 7.69. The third kappa shape index (κ3) is 5.86. The summed E-state index contributed by atoms with van der Waals surface area (Å²) < 4.78 is 1.84. The third-order valence-corrected chi connectivity index (χ3v) is 4.54. The molecule has 5 nitrogen and oxygen atoms in total. The molecule has 1 aliphatic heterocycles. The van der Waals surface area contributed by atoms with Gasteiger partial charge in [-0.2, -0.15) is 5.10 Å². The minimum atomic E-state index is 0. The number of benzene rings is 1. The van der Waals surface area contributed by atoms with Crippen molar-refractivity contribution in [3.8, 4) is 0 Å². The molecular weight excluding hydrogens is 437 g/mol. The predicted octanol–water partition coefficient (Wildman–Crippen LogP) is 3.34. The van der Waals surface area contributed by atoms with E-state index in [4.69, 9.17) is 0 Å². The summed E-state index contributed by atoms with van der Waals surface area (Å²) >= 11 is 0. The molecule has 1 aromatic heterocycles. The second-order valence-corrected chi connectivity index (χ2v) is 6.45. The van der Waals surface area contributed by atoms with Crippen LogP contribution < -0.4 is 5.32 Å². The maximum Gasteiger partial charge on any atom is 0.193 e. The fourth-order valence-corrected chi connectivity index (χ4v) is 3.19. The summed E-state index contributed by atoms with van der Waals surface area (Å²) in [4.78, 5) is 6.80. The molecule has 2 heterocycles. The average Bonchev–Trinajstić information content (AvgIpc) is 3.06. The molecule has 6 heteroatoms. The lowest BCUT2D eigenvalue weighted by atomic mass is 10.0. The first-order chi connectivity index (χ1) is 12.2. The van der Waals surface area contributed by atoms with Crippen LogP contribution in [0.4, 0.5) is 0 Å². The van der Waals surface area contributed by atoms with Crippen molar-refractivity contribution in [2.75, 3.05) is 26.7 Å². The van der Waals surface area contributed by atoms with Crippen molar-refractivity contribution in [2.45, 2.75) is 19.3 Å². The Morgan fingerprint density at radius 1 is 1.23 bits per heavy atom. The lowest BCUT2D eigenvalue weighted by Gasteiger charge is -2.31. The van der Waals surface area contributed by atoms with Crippen molar-refractivity contribution in [3.63, 3.8) is 0 Å². The number of aliphatic imine (C=N–C) groups is 1. The van der Waals surface area contributed by atoms with Gasteiger partial charge in [0.15, 0.2) is 5.96 Å². The van der Waals surface area contributed by atoms with Gasteiger partial charge in [0, 0.05) is 39.9 Å². The van der Waals surface area contributed by atoms with Crippen LogP contribution in [-0.4, -0.2) is 47.3 Å². The standard InChI is InChI=1S/C20H27N5.HI/c1-21-20(22-11-8-19-15-23-24(2)16-19)25-12-9-18(10-13-25)14-17-6-4-3-5-7-17;/h3-7,14-16H,8-13H2,1-2H3,(H,21,22);1H. The minimum Gasteiger partial charge on any atom is -0.356 e. The number of hydrogen-bond donors (Lipinski definition) is 1. The van der Waals surface area contributed by atoms with E-state index in [9.17, 15) is 0 Å². The van der Waals surface area contributed by atoms with E-state index in [0.29, 0.717) is 0 Å². The van der Waals surface area contributed by atoms with Crippen molar-refractivity contribution in [1.82, 2.24) is 20.0 Å². The summed E-state index contributed by atoms with van der Waals surface area (Å²) in [6.45, 7) is 2.91. The highest BCUT2D eigenvalue weighted by atomic mass is 127. The highest BCUT2D eigenvalue weighted by molar-refractivity contribution is 14.0. The Morgan fingerprint density at radius 3 is 2.58 bits per heavy atom. The lowest BCUT2D eigenvalue weighted by Crippen LogP contribution is -2.45. The van der Waals surface area contributed by atoms with Crippen molar-refractivity contribution < 1.29 is 0 Å². The number of guanidine groups is 1. The summed E-state index contributed by atoms with van der Waals surface area (Å²) in [6.07, 6.45) is 9.46. The fraction of sp³-hybridized carbons (Fsp3) is 0.400. The number of piperidine rings is 1. The van der Waals surface area contributed by atoms with E-state index in [1.165, 1.54) is 16.7 Å². The zero-order valence-electron chi connectivity index (χ0n) is 15.6. The Hall–Kier alpha value is -1.83. The van der Waals surface area contributed by atoms with E-state index in [-0.39, 0.29) is 24.0 Å². The molecule has 0 spiro atoms. The molecule has 0 amide bonds. The molecule has 0 aliphatic carbocycles. The van der Waals surface area contributed by atoms with Crippen molar-refractivity contribution in [1.29, 1.82) is 0 Å². The van der Waals surface area contributed by atoms with Crippen molar-refractivity contribution in [2.24, 2.45) is 12.0 Å². The molecule has 3 rings (SSSR count).